The van der Waals surface area contributed by atoms with Gasteiger partial charge in [-0.25, -0.2) is 9.97 Å². The maximum Gasteiger partial charge on any atom is 0.276 e. The minimum Gasteiger partial charge on any atom is -0.384 e. The second kappa shape index (κ2) is 16.4. The van der Waals surface area contributed by atoms with E-state index in [0.717, 1.165) is 47.2 Å². The lowest BCUT2D eigenvalue weighted by molar-refractivity contribution is -0.114. The number of benzene rings is 2. The molecule has 0 saturated carbocycles. The standard InChI is InChI=1S/C40H48N12O5/c1-5-51-35-28(25(3)47-51)12-7-6-8-19-52-33(20-24(2)46-52)37(56)44-40-43-34-31(48(4)22-27(54)23-53)13-11-14-32(34)50(40)18-10-9-17-49-30-16-15-26(36(41)55)21-29(30)42-39(49)45-38(35)57/h11,13-16,20-21,23,27,54H,5-10,12,17-19,22H2,1-4H3,(H2,41,55)(H,42,45,57)(H,43,44,56). The molecule has 5 N–H and O–H groups in total. The van der Waals surface area contributed by atoms with Crippen molar-refractivity contribution in [3.8, 4) is 0 Å². The number of primary amides is 1. The van der Waals surface area contributed by atoms with Crippen molar-refractivity contribution in [2.45, 2.75) is 91.6 Å². The number of imidazole rings is 2. The number of likely N-dealkylation sites (N-methyl/N-ethyl adjacent to an activating group) is 1. The summed E-state index contributed by atoms with van der Waals surface area (Å²) in [5.41, 5.74) is 12.5. The van der Waals surface area contributed by atoms with Crippen molar-refractivity contribution < 1.29 is 24.3 Å². The molecule has 0 saturated heterocycles. The predicted octanol–water partition coefficient (Wildman–Crippen LogP) is 4.22. The summed E-state index contributed by atoms with van der Waals surface area (Å²) in [4.78, 5) is 63.0. The molecule has 17 nitrogen and oxygen atoms in total. The number of aryl methyl sites for hydroxylation is 6. The molecule has 0 spiro atoms. The van der Waals surface area contributed by atoms with Crippen molar-refractivity contribution in [2.75, 3.05) is 29.1 Å². The molecule has 1 unspecified atom stereocenters. The molecule has 3 amide bonds. The molecule has 298 valence electrons. The van der Waals surface area contributed by atoms with Crippen LogP contribution in [0.25, 0.3) is 22.1 Å². The Bertz CT molecular complexity index is 2490. The largest absolute Gasteiger partial charge is 0.384 e. The number of para-hydroxylation sites is 1. The highest BCUT2D eigenvalue weighted by Gasteiger charge is 2.25. The highest BCUT2D eigenvalue weighted by molar-refractivity contribution is 6.05. The molecule has 1 aliphatic rings. The molecule has 1 atom stereocenters. The molecule has 0 radical (unpaired) electrons. The number of aldehydes is 1. The zero-order valence-electron chi connectivity index (χ0n) is 32.7. The minimum absolute atomic E-state index is 0.0655. The quantitative estimate of drug-likeness (QED) is 0.177. The number of amides is 3. The number of anilines is 3. The van der Waals surface area contributed by atoms with Crippen LogP contribution in [0.1, 0.15) is 87.3 Å². The number of hydrogen-bond acceptors (Lipinski definition) is 10. The van der Waals surface area contributed by atoms with Crippen LogP contribution in [-0.4, -0.2) is 87.5 Å². The van der Waals surface area contributed by atoms with Crippen LogP contribution < -0.4 is 21.3 Å². The van der Waals surface area contributed by atoms with E-state index in [9.17, 15) is 24.3 Å². The Morgan fingerprint density at radius 2 is 1.65 bits per heavy atom. The van der Waals surface area contributed by atoms with E-state index in [-0.39, 0.29) is 18.4 Å². The van der Waals surface area contributed by atoms with Crippen LogP contribution in [0.4, 0.5) is 17.6 Å². The van der Waals surface area contributed by atoms with Gasteiger partial charge in [0.05, 0.1) is 40.2 Å². The molecule has 57 heavy (non-hydrogen) atoms. The molecular formula is C40H48N12O5. The number of aromatic nitrogens is 8. The molecule has 0 fully saturated rings. The second-order valence-electron chi connectivity index (χ2n) is 14.5. The number of carbonyl (C=O) groups excluding carboxylic acids is 4. The van der Waals surface area contributed by atoms with Gasteiger partial charge in [-0.15, -0.1) is 0 Å². The molecule has 4 aromatic heterocycles. The van der Waals surface area contributed by atoms with Crippen molar-refractivity contribution in [3.05, 3.63) is 76.4 Å². The average molecular weight is 777 g/mol. The lowest BCUT2D eigenvalue weighted by Crippen LogP contribution is -2.29. The number of rotatable bonds is 6. The zero-order valence-corrected chi connectivity index (χ0v) is 32.7. The highest BCUT2D eigenvalue weighted by Crippen LogP contribution is 2.30. The molecule has 7 rings (SSSR count). The average Bonchev–Trinajstić information content (AvgIpc) is 3.93. The van der Waals surface area contributed by atoms with Crippen molar-refractivity contribution in [1.29, 1.82) is 0 Å². The van der Waals surface area contributed by atoms with Gasteiger partial charge in [-0.3, -0.25) is 34.4 Å². The number of nitrogens with one attached hydrogen (secondary N) is 2. The van der Waals surface area contributed by atoms with E-state index in [0.29, 0.717) is 97.3 Å². The molecule has 0 bridgehead atoms. The Hall–Kier alpha value is -6.36. The second-order valence-corrected chi connectivity index (χ2v) is 14.5. The number of carbonyl (C=O) groups is 4. The van der Waals surface area contributed by atoms with Crippen molar-refractivity contribution in [3.63, 3.8) is 0 Å². The first-order chi connectivity index (χ1) is 27.5. The lowest BCUT2D eigenvalue weighted by Gasteiger charge is -2.20. The SMILES string of the molecule is CCn1nc(C)c2c1C(=O)Nc1nc3cc(C(N)=O)ccc3n1CCCCn1c(nc3c(N(C)CC(O)C=O)cccc31)NC(=O)c1cc(C)nn1CCCCC2. The molecule has 1 aliphatic heterocycles. The fourth-order valence-electron chi connectivity index (χ4n) is 7.69. The van der Waals surface area contributed by atoms with E-state index in [2.05, 4.69) is 15.7 Å². The van der Waals surface area contributed by atoms with Crippen LogP contribution in [0, 0.1) is 13.8 Å². The summed E-state index contributed by atoms with van der Waals surface area (Å²) < 4.78 is 7.35. The van der Waals surface area contributed by atoms with Gasteiger partial charge in [-0.1, -0.05) is 12.5 Å². The third-order valence-electron chi connectivity index (χ3n) is 10.5. The first-order valence-corrected chi connectivity index (χ1v) is 19.3. The summed E-state index contributed by atoms with van der Waals surface area (Å²) in [7, 11) is 1.77. The van der Waals surface area contributed by atoms with E-state index >= 15 is 0 Å². The van der Waals surface area contributed by atoms with Crippen LogP contribution in [0.5, 0.6) is 0 Å². The zero-order chi connectivity index (χ0) is 40.4. The highest BCUT2D eigenvalue weighted by atomic mass is 16.3. The number of aliphatic hydroxyl groups is 1. The Morgan fingerprint density at radius 1 is 0.930 bits per heavy atom. The fourth-order valence-corrected chi connectivity index (χ4v) is 7.69. The van der Waals surface area contributed by atoms with Gasteiger partial charge in [0, 0.05) is 44.4 Å². The third kappa shape index (κ3) is 7.87. The summed E-state index contributed by atoms with van der Waals surface area (Å²) in [5, 5.41) is 25.6. The fraction of sp³-hybridized carbons (Fsp3) is 0.400. The maximum atomic E-state index is 14.2. The van der Waals surface area contributed by atoms with E-state index in [1.807, 2.05) is 48.1 Å². The normalized spacial score (nSPS) is 15.1. The van der Waals surface area contributed by atoms with Gasteiger partial charge < -0.3 is 29.7 Å². The van der Waals surface area contributed by atoms with Crippen LogP contribution in [0.15, 0.2) is 42.5 Å². The lowest BCUT2D eigenvalue weighted by atomic mass is 10.0. The Balaban J connectivity index is 1.28. The summed E-state index contributed by atoms with van der Waals surface area (Å²) in [6.07, 6.45) is 3.58. The first-order valence-electron chi connectivity index (χ1n) is 19.3. The molecule has 0 aliphatic carbocycles. The van der Waals surface area contributed by atoms with E-state index in [4.69, 9.17) is 20.8 Å². The van der Waals surface area contributed by atoms with Gasteiger partial charge in [-0.05, 0) is 89.3 Å². The summed E-state index contributed by atoms with van der Waals surface area (Å²) >= 11 is 0. The molecule has 2 aromatic carbocycles. The Morgan fingerprint density at radius 3 is 2.39 bits per heavy atom. The van der Waals surface area contributed by atoms with Crippen LogP contribution in [-0.2, 0) is 37.4 Å². The van der Waals surface area contributed by atoms with Crippen molar-refractivity contribution in [2.24, 2.45) is 5.73 Å². The van der Waals surface area contributed by atoms with Gasteiger partial charge in [0.25, 0.3) is 11.8 Å². The number of aliphatic hydroxyl groups excluding tert-OH is 1. The van der Waals surface area contributed by atoms with Crippen LogP contribution in [0.3, 0.4) is 0 Å². The summed E-state index contributed by atoms with van der Waals surface area (Å²) in [5.74, 6) is -0.548. The minimum atomic E-state index is -1.18. The number of nitrogens with zero attached hydrogens (tertiary/aromatic N) is 9. The number of fused-ring (bicyclic) bond motifs is 8. The predicted molar refractivity (Wildman–Crippen MR) is 216 cm³/mol. The Kier molecular flexibility index (Phi) is 11.2. The van der Waals surface area contributed by atoms with Crippen LogP contribution >= 0.6 is 0 Å². The number of nitrogens with two attached hydrogens (primary N) is 1. The van der Waals surface area contributed by atoms with E-state index in [1.165, 1.54) is 0 Å². The Labute approximate surface area is 328 Å². The van der Waals surface area contributed by atoms with Crippen molar-refractivity contribution >= 4 is 63.7 Å². The molecule has 6 aromatic rings. The van der Waals surface area contributed by atoms with Gasteiger partial charge in [0.15, 0.2) is 0 Å². The van der Waals surface area contributed by atoms with Crippen LogP contribution in [0.2, 0.25) is 0 Å². The smallest absolute Gasteiger partial charge is 0.276 e. The summed E-state index contributed by atoms with van der Waals surface area (Å²) in [6, 6.07) is 12.5. The van der Waals surface area contributed by atoms with Crippen molar-refractivity contribution in [1.82, 2.24) is 38.7 Å². The summed E-state index contributed by atoms with van der Waals surface area (Å²) in [6.45, 7) is 7.75. The molecular weight excluding hydrogens is 729 g/mol. The topological polar surface area (TPSA) is 213 Å². The van der Waals surface area contributed by atoms with Gasteiger partial charge >= 0.3 is 0 Å². The molecule has 17 heteroatoms. The van der Waals surface area contributed by atoms with Gasteiger partial charge in [0.1, 0.15) is 29.3 Å². The third-order valence-corrected chi connectivity index (χ3v) is 10.5. The van der Waals surface area contributed by atoms with Gasteiger partial charge in [0.2, 0.25) is 17.8 Å². The van der Waals surface area contributed by atoms with E-state index < -0.39 is 12.0 Å². The maximum absolute atomic E-state index is 14.2. The number of hydrogen-bond donors (Lipinski definition) is 4. The van der Waals surface area contributed by atoms with E-state index in [1.54, 1.807) is 45.6 Å². The monoisotopic (exact) mass is 776 g/mol. The molecule has 5 heterocycles. The first kappa shape index (κ1) is 38.9. The van der Waals surface area contributed by atoms with Gasteiger partial charge in [-0.2, -0.15) is 10.2 Å².